The van der Waals surface area contributed by atoms with Crippen LogP contribution in [0.4, 0.5) is 5.69 Å². The Labute approximate surface area is 203 Å². The molecule has 0 saturated carbocycles. The SMILES string of the molecule is CCOc1c(Br)cc(/C=N\NC(=O)c2cc(-c3ccccc3)nc3ccccc23)cc1[N+](=O)[O-]. The van der Waals surface area contributed by atoms with Crippen molar-refractivity contribution in [2.75, 3.05) is 6.61 Å². The first-order valence-corrected chi connectivity index (χ1v) is 11.2. The number of carbonyl (C=O) groups is 1. The number of pyridine rings is 1. The second-order valence-electron chi connectivity index (χ2n) is 7.18. The van der Waals surface area contributed by atoms with Gasteiger partial charge in [0.1, 0.15) is 0 Å². The molecule has 4 rings (SSSR count). The summed E-state index contributed by atoms with van der Waals surface area (Å²) in [6, 6.07) is 21.6. The third kappa shape index (κ3) is 4.94. The fourth-order valence-electron chi connectivity index (χ4n) is 3.44. The van der Waals surface area contributed by atoms with Gasteiger partial charge in [-0.3, -0.25) is 14.9 Å². The summed E-state index contributed by atoms with van der Waals surface area (Å²) >= 11 is 3.30. The van der Waals surface area contributed by atoms with E-state index in [1.807, 2.05) is 54.6 Å². The lowest BCUT2D eigenvalue weighted by molar-refractivity contribution is -0.385. The molecule has 0 spiro atoms. The van der Waals surface area contributed by atoms with Gasteiger partial charge in [-0.2, -0.15) is 5.10 Å². The Balaban J connectivity index is 1.64. The Bertz CT molecular complexity index is 1410. The molecule has 0 unspecified atom stereocenters. The number of para-hydroxylation sites is 1. The number of hydrogen-bond donors (Lipinski definition) is 1. The second kappa shape index (κ2) is 10.2. The molecule has 170 valence electrons. The molecule has 1 amide bonds. The first-order valence-electron chi connectivity index (χ1n) is 10.4. The minimum absolute atomic E-state index is 0.144. The van der Waals surface area contributed by atoms with E-state index in [9.17, 15) is 14.9 Å². The summed E-state index contributed by atoms with van der Waals surface area (Å²) in [6.07, 6.45) is 1.34. The summed E-state index contributed by atoms with van der Waals surface area (Å²) in [4.78, 5) is 28.6. The largest absolute Gasteiger partial charge is 0.486 e. The first-order chi connectivity index (χ1) is 16.5. The first kappa shape index (κ1) is 23.1. The number of carbonyl (C=O) groups excluding carboxylic acids is 1. The second-order valence-corrected chi connectivity index (χ2v) is 8.03. The van der Waals surface area contributed by atoms with Crippen molar-refractivity contribution in [3.05, 3.63) is 98.5 Å². The molecular weight excluding hydrogens is 500 g/mol. The van der Waals surface area contributed by atoms with E-state index in [0.29, 0.717) is 32.2 Å². The highest BCUT2D eigenvalue weighted by Gasteiger charge is 2.20. The number of amides is 1. The van der Waals surface area contributed by atoms with Crippen LogP contribution in [-0.2, 0) is 0 Å². The lowest BCUT2D eigenvalue weighted by Gasteiger charge is -2.09. The smallest absolute Gasteiger partial charge is 0.312 e. The van der Waals surface area contributed by atoms with Crippen molar-refractivity contribution in [3.63, 3.8) is 0 Å². The number of nitrogens with zero attached hydrogens (tertiary/aromatic N) is 3. The van der Waals surface area contributed by atoms with E-state index in [1.54, 1.807) is 19.1 Å². The zero-order valence-corrected chi connectivity index (χ0v) is 19.7. The predicted octanol–water partition coefficient (Wildman–Crippen LogP) is 5.74. The average molecular weight is 519 g/mol. The standard InChI is InChI=1S/C25H19BrN4O4/c1-2-34-24-20(26)12-16(13-23(24)30(32)33)15-27-29-25(31)19-14-22(17-8-4-3-5-9-17)28-21-11-7-6-10-18(19)21/h3-15H,2H2,1H3,(H,29,31)/b27-15-. The van der Waals surface area contributed by atoms with Crippen molar-refractivity contribution in [3.8, 4) is 17.0 Å². The number of hydrogen-bond acceptors (Lipinski definition) is 6. The Hall–Kier alpha value is -4.11. The van der Waals surface area contributed by atoms with Crippen LogP contribution in [0.2, 0.25) is 0 Å². The van der Waals surface area contributed by atoms with E-state index in [1.165, 1.54) is 12.3 Å². The van der Waals surface area contributed by atoms with E-state index in [-0.39, 0.29) is 18.0 Å². The molecule has 0 atom stereocenters. The minimum Gasteiger partial charge on any atom is -0.486 e. The van der Waals surface area contributed by atoms with Crippen molar-refractivity contribution >= 4 is 44.6 Å². The highest BCUT2D eigenvalue weighted by Crippen LogP contribution is 2.36. The van der Waals surface area contributed by atoms with Crippen LogP contribution in [-0.4, -0.2) is 28.6 Å². The summed E-state index contributed by atoms with van der Waals surface area (Å²) in [5, 5.41) is 16.1. The van der Waals surface area contributed by atoms with E-state index in [4.69, 9.17) is 4.74 Å². The summed E-state index contributed by atoms with van der Waals surface area (Å²) in [7, 11) is 0. The number of nitrogens with one attached hydrogen (secondary N) is 1. The van der Waals surface area contributed by atoms with E-state index in [2.05, 4.69) is 31.4 Å². The fourth-order valence-corrected chi connectivity index (χ4v) is 4.02. The number of aromatic nitrogens is 1. The van der Waals surface area contributed by atoms with E-state index >= 15 is 0 Å². The molecule has 0 aliphatic carbocycles. The quantitative estimate of drug-likeness (QED) is 0.191. The third-order valence-corrected chi connectivity index (χ3v) is 5.53. The number of hydrazone groups is 1. The summed E-state index contributed by atoms with van der Waals surface area (Å²) < 4.78 is 5.78. The van der Waals surface area contributed by atoms with E-state index < -0.39 is 10.8 Å². The maximum absolute atomic E-state index is 13.0. The Morgan fingerprint density at radius 3 is 2.62 bits per heavy atom. The van der Waals surface area contributed by atoms with Gasteiger partial charge in [-0.05, 0) is 41.1 Å². The summed E-state index contributed by atoms with van der Waals surface area (Å²) in [5.41, 5.74) is 5.39. The van der Waals surface area contributed by atoms with Crippen LogP contribution in [0.25, 0.3) is 22.2 Å². The normalized spacial score (nSPS) is 11.0. The van der Waals surface area contributed by atoms with Gasteiger partial charge in [0.25, 0.3) is 5.91 Å². The Morgan fingerprint density at radius 2 is 1.88 bits per heavy atom. The van der Waals surface area contributed by atoms with Gasteiger partial charge in [0.05, 0.1) is 39.0 Å². The van der Waals surface area contributed by atoms with Gasteiger partial charge >= 0.3 is 5.69 Å². The summed E-state index contributed by atoms with van der Waals surface area (Å²) in [5.74, 6) is -0.281. The lowest BCUT2D eigenvalue weighted by Crippen LogP contribution is -2.18. The van der Waals surface area contributed by atoms with Gasteiger partial charge in [0.15, 0.2) is 0 Å². The van der Waals surface area contributed by atoms with Gasteiger partial charge in [-0.15, -0.1) is 0 Å². The molecule has 3 aromatic carbocycles. The molecule has 1 N–H and O–H groups in total. The monoisotopic (exact) mass is 518 g/mol. The van der Waals surface area contributed by atoms with Gasteiger partial charge in [-0.25, -0.2) is 10.4 Å². The molecule has 0 bridgehead atoms. The van der Waals surface area contributed by atoms with Gasteiger partial charge in [-0.1, -0.05) is 48.5 Å². The summed E-state index contributed by atoms with van der Waals surface area (Å²) in [6.45, 7) is 2.03. The number of halogens is 1. The molecule has 9 heteroatoms. The molecule has 8 nitrogen and oxygen atoms in total. The molecule has 0 aliphatic rings. The van der Waals surface area contributed by atoms with Crippen molar-refractivity contribution in [2.24, 2.45) is 5.10 Å². The Kier molecular flexibility index (Phi) is 6.93. The van der Waals surface area contributed by atoms with Crippen molar-refractivity contribution in [1.29, 1.82) is 0 Å². The van der Waals surface area contributed by atoms with Crippen molar-refractivity contribution in [1.82, 2.24) is 10.4 Å². The molecule has 0 saturated heterocycles. The molecular formula is C25H19BrN4O4. The number of nitro groups is 1. The molecule has 0 aliphatic heterocycles. The molecule has 0 radical (unpaired) electrons. The van der Waals surface area contributed by atoms with Crippen LogP contribution in [0.1, 0.15) is 22.8 Å². The van der Waals surface area contributed by atoms with Gasteiger partial charge < -0.3 is 4.74 Å². The van der Waals surface area contributed by atoms with Crippen LogP contribution in [0, 0.1) is 10.1 Å². The maximum Gasteiger partial charge on any atom is 0.312 e. The molecule has 1 aromatic heterocycles. The molecule has 0 fully saturated rings. The number of nitro benzene ring substituents is 1. The maximum atomic E-state index is 13.0. The highest BCUT2D eigenvalue weighted by atomic mass is 79.9. The number of ether oxygens (including phenoxy) is 1. The number of fused-ring (bicyclic) bond motifs is 1. The fraction of sp³-hybridized carbons (Fsp3) is 0.0800. The van der Waals surface area contributed by atoms with Crippen LogP contribution in [0.5, 0.6) is 5.75 Å². The highest BCUT2D eigenvalue weighted by molar-refractivity contribution is 9.10. The topological polar surface area (TPSA) is 107 Å². The van der Waals surface area contributed by atoms with Crippen LogP contribution < -0.4 is 10.2 Å². The van der Waals surface area contributed by atoms with Crippen LogP contribution >= 0.6 is 15.9 Å². The minimum atomic E-state index is -0.528. The van der Waals surface area contributed by atoms with E-state index in [0.717, 1.165) is 5.56 Å². The number of benzene rings is 3. The zero-order valence-electron chi connectivity index (χ0n) is 18.1. The zero-order chi connectivity index (χ0) is 24.1. The van der Waals surface area contributed by atoms with Crippen LogP contribution in [0.3, 0.4) is 0 Å². The van der Waals surface area contributed by atoms with Gasteiger partial charge in [0.2, 0.25) is 5.75 Å². The van der Waals surface area contributed by atoms with Crippen molar-refractivity contribution in [2.45, 2.75) is 6.92 Å². The molecule has 34 heavy (non-hydrogen) atoms. The molecule has 1 heterocycles. The van der Waals surface area contributed by atoms with Gasteiger partial charge in [0, 0.05) is 22.6 Å². The third-order valence-electron chi connectivity index (χ3n) is 4.94. The van der Waals surface area contributed by atoms with Crippen molar-refractivity contribution < 1.29 is 14.5 Å². The molecule has 4 aromatic rings. The average Bonchev–Trinajstić information content (AvgIpc) is 2.85. The predicted molar refractivity (Wildman–Crippen MR) is 134 cm³/mol. The van der Waals surface area contributed by atoms with Crippen LogP contribution in [0.15, 0.2) is 82.4 Å². The lowest BCUT2D eigenvalue weighted by atomic mass is 10.0. The number of rotatable bonds is 7. The Morgan fingerprint density at radius 1 is 1.15 bits per heavy atom.